The number of rotatable bonds is 1. The predicted octanol–water partition coefficient (Wildman–Crippen LogP) is 1.95. The summed E-state index contributed by atoms with van der Waals surface area (Å²) in [6.07, 6.45) is 1.47. The van der Waals surface area contributed by atoms with E-state index in [1.165, 1.54) is 18.2 Å². The molecule has 0 radical (unpaired) electrons. The molecule has 0 aliphatic carbocycles. The molecule has 0 bridgehead atoms. The lowest BCUT2D eigenvalue weighted by Crippen LogP contribution is -2.15. The molecule has 0 fully saturated rings. The zero-order valence-corrected chi connectivity index (χ0v) is 7.49. The lowest BCUT2D eigenvalue weighted by atomic mass is 10.0. The maximum Gasteiger partial charge on any atom is 0.316 e. The summed E-state index contributed by atoms with van der Waals surface area (Å²) in [4.78, 5) is 11.7. The van der Waals surface area contributed by atoms with Crippen LogP contribution in [0.5, 0.6) is 0 Å². The van der Waals surface area contributed by atoms with Crippen LogP contribution >= 0.6 is 11.9 Å². The summed E-state index contributed by atoms with van der Waals surface area (Å²) in [5.41, 5.74) is 0.829. The highest BCUT2D eigenvalue weighted by molar-refractivity contribution is 7.98. The average molecular weight is 193 g/mol. The Bertz CT molecular complexity index is 376. The van der Waals surface area contributed by atoms with E-state index in [2.05, 4.69) is 4.40 Å². The van der Waals surface area contributed by atoms with Crippen LogP contribution in [-0.4, -0.2) is 17.3 Å². The predicted molar refractivity (Wildman–Crippen MR) is 51.2 cm³/mol. The van der Waals surface area contributed by atoms with Crippen molar-refractivity contribution < 1.29 is 9.90 Å². The van der Waals surface area contributed by atoms with Crippen LogP contribution in [0.3, 0.4) is 0 Å². The molecule has 0 saturated heterocycles. The van der Waals surface area contributed by atoms with E-state index >= 15 is 0 Å². The first-order valence-corrected chi connectivity index (χ1v) is 4.58. The molecule has 66 valence electrons. The number of fused-ring (bicyclic) bond motifs is 1. The maximum absolute atomic E-state index is 10.8. The Morgan fingerprint density at radius 2 is 2.23 bits per heavy atom. The second kappa shape index (κ2) is 3.22. The van der Waals surface area contributed by atoms with E-state index in [0.29, 0.717) is 0 Å². The molecule has 1 aromatic rings. The van der Waals surface area contributed by atoms with Crippen LogP contribution in [0.4, 0.5) is 0 Å². The van der Waals surface area contributed by atoms with E-state index < -0.39 is 11.9 Å². The smallest absolute Gasteiger partial charge is 0.316 e. The third-order valence-corrected chi connectivity index (χ3v) is 2.68. The quantitative estimate of drug-likeness (QED) is 0.693. The highest BCUT2D eigenvalue weighted by Gasteiger charge is 2.23. The SMILES string of the molecule is O=C(O)C1C=NSc2ccccc21. The Balaban J connectivity index is 2.48. The van der Waals surface area contributed by atoms with Crippen molar-refractivity contribution in [2.45, 2.75) is 10.8 Å². The van der Waals surface area contributed by atoms with Gasteiger partial charge in [0.15, 0.2) is 0 Å². The third kappa shape index (κ3) is 1.45. The number of benzene rings is 1. The van der Waals surface area contributed by atoms with Crippen molar-refractivity contribution in [3.05, 3.63) is 29.8 Å². The van der Waals surface area contributed by atoms with Gasteiger partial charge < -0.3 is 5.11 Å². The van der Waals surface area contributed by atoms with Gasteiger partial charge >= 0.3 is 5.97 Å². The zero-order valence-electron chi connectivity index (χ0n) is 6.68. The van der Waals surface area contributed by atoms with Crippen LogP contribution in [0.25, 0.3) is 0 Å². The number of hydrogen-bond acceptors (Lipinski definition) is 3. The van der Waals surface area contributed by atoms with Crippen molar-refractivity contribution in [2.75, 3.05) is 0 Å². The monoisotopic (exact) mass is 193 g/mol. The zero-order chi connectivity index (χ0) is 9.26. The van der Waals surface area contributed by atoms with Gasteiger partial charge in [0.05, 0.1) is 0 Å². The van der Waals surface area contributed by atoms with Crippen LogP contribution in [0, 0.1) is 0 Å². The summed E-state index contributed by atoms with van der Waals surface area (Å²) < 4.78 is 3.93. The van der Waals surface area contributed by atoms with Crippen LogP contribution in [0.15, 0.2) is 33.6 Å². The molecule has 1 N–H and O–H groups in total. The van der Waals surface area contributed by atoms with Gasteiger partial charge in [0.2, 0.25) is 0 Å². The van der Waals surface area contributed by atoms with Gasteiger partial charge in [-0.3, -0.25) is 4.79 Å². The standard InChI is InChI=1S/C9H7NO2S/c11-9(12)7-5-10-13-8-4-2-1-3-6(7)8/h1-5,7H,(H,11,12). The van der Waals surface area contributed by atoms with Gasteiger partial charge in [0, 0.05) is 23.1 Å². The summed E-state index contributed by atoms with van der Waals surface area (Å²) in [5, 5.41) is 8.88. The van der Waals surface area contributed by atoms with Gasteiger partial charge in [-0.15, -0.1) is 0 Å². The Hall–Kier alpha value is -1.29. The number of hydrogen-bond donors (Lipinski definition) is 1. The third-order valence-electron chi connectivity index (χ3n) is 1.88. The van der Waals surface area contributed by atoms with Crippen LogP contribution in [0.2, 0.25) is 0 Å². The molecule has 0 saturated carbocycles. The van der Waals surface area contributed by atoms with Crippen LogP contribution in [0.1, 0.15) is 11.5 Å². The molecular formula is C9H7NO2S. The summed E-state index contributed by atoms with van der Waals surface area (Å²) in [5.74, 6) is -1.44. The second-order valence-corrected chi connectivity index (χ2v) is 3.53. The van der Waals surface area contributed by atoms with Gasteiger partial charge in [-0.2, -0.15) is 0 Å². The maximum atomic E-state index is 10.8. The van der Waals surface area contributed by atoms with E-state index in [-0.39, 0.29) is 0 Å². The molecule has 0 amide bonds. The summed E-state index contributed by atoms with van der Waals surface area (Å²) in [6, 6.07) is 7.43. The van der Waals surface area contributed by atoms with Gasteiger partial charge in [0.25, 0.3) is 0 Å². The number of carboxylic acid groups (broad SMARTS) is 1. The number of aliphatic carboxylic acids is 1. The van der Waals surface area contributed by atoms with Crippen molar-refractivity contribution in [1.82, 2.24) is 0 Å². The fourth-order valence-corrected chi connectivity index (χ4v) is 1.98. The Kier molecular flexibility index (Phi) is 2.06. The largest absolute Gasteiger partial charge is 0.481 e. The molecule has 13 heavy (non-hydrogen) atoms. The molecule has 0 spiro atoms. The molecule has 4 heteroatoms. The molecule has 1 heterocycles. The van der Waals surface area contributed by atoms with E-state index in [1.807, 2.05) is 24.3 Å². The fraction of sp³-hybridized carbons (Fsp3) is 0.111. The molecule has 3 nitrogen and oxygen atoms in total. The Morgan fingerprint density at radius 1 is 1.46 bits per heavy atom. The van der Waals surface area contributed by atoms with Gasteiger partial charge in [0.1, 0.15) is 5.92 Å². The summed E-state index contributed by atoms with van der Waals surface area (Å²) in [7, 11) is 0. The van der Waals surface area contributed by atoms with Crippen LogP contribution in [-0.2, 0) is 4.79 Å². The van der Waals surface area contributed by atoms with Crippen molar-refractivity contribution in [3.8, 4) is 0 Å². The van der Waals surface area contributed by atoms with Crippen LogP contribution < -0.4 is 0 Å². The molecule has 0 aromatic heterocycles. The molecule has 1 aliphatic rings. The topological polar surface area (TPSA) is 49.7 Å². The van der Waals surface area contributed by atoms with Crippen molar-refractivity contribution in [3.63, 3.8) is 0 Å². The van der Waals surface area contributed by atoms with Gasteiger partial charge in [-0.05, 0) is 11.6 Å². The Morgan fingerprint density at radius 3 is 3.00 bits per heavy atom. The molecule has 1 aliphatic heterocycles. The minimum absolute atomic E-state index is 0.586. The molecular weight excluding hydrogens is 186 g/mol. The van der Waals surface area contributed by atoms with E-state index in [0.717, 1.165) is 10.5 Å². The summed E-state index contributed by atoms with van der Waals surface area (Å²) in [6.45, 7) is 0. The molecule has 1 unspecified atom stereocenters. The normalized spacial score (nSPS) is 19.5. The highest BCUT2D eigenvalue weighted by atomic mass is 32.2. The lowest BCUT2D eigenvalue weighted by molar-refractivity contribution is -0.137. The molecule has 1 atom stereocenters. The first-order valence-electron chi connectivity index (χ1n) is 3.81. The van der Waals surface area contributed by atoms with Gasteiger partial charge in [-0.1, -0.05) is 18.2 Å². The van der Waals surface area contributed by atoms with Crippen molar-refractivity contribution >= 4 is 24.1 Å². The highest BCUT2D eigenvalue weighted by Crippen LogP contribution is 2.32. The second-order valence-electron chi connectivity index (χ2n) is 2.70. The molecule has 1 aromatic carbocycles. The number of carboxylic acids is 1. The molecule has 2 rings (SSSR count). The van der Waals surface area contributed by atoms with Crippen molar-refractivity contribution in [1.29, 1.82) is 0 Å². The Labute approximate surface area is 79.6 Å². The first kappa shape index (κ1) is 8.31. The number of nitrogens with zero attached hydrogens (tertiary/aromatic N) is 1. The minimum Gasteiger partial charge on any atom is -0.481 e. The lowest BCUT2D eigenvalue weighted by Gasteiger charge is -2.14. The average Bonchev–Trinajstić information content (AvgIpc) is 2.17. The number of carbonyl (C=O) groups is 1. The summed E-state index contributed by atoms with van der Waals surface area (Å²) >= 11 is 1.32. The minimum atomic E-state index is -0.850. The van der Waals surface area contributed by atoms with Gasteiger partial charge in [-0.25, -0.2) is 4.40 Å². The van der Waals surface area contributed by atoms with E-state index in [9.17, 15) is 4.79 Å². The van der Waals surface area contributed by atoms with E-state index in [1.54, 1.807) is 0 Å². The van der Waals surface area contributed by atoms with E-state index in [4.69, 9.17) is 5.11 Å². The first-order chi connectivity index (χ1) is 6.29. The fourth-order valence-electron chi connectivity index (χ4n) is 1.25. The van der Waals surface area contributed by atoms with Crippen molar-refractivity contribution in [2.24, 2.45) is 4.40 Å².